The van der Waals surface area contributed by atoms with E-state index in [1.165, 1.54) is 0 Å². The standard InChI is InChI=1S/C25H26N2O3/c1-27-8-6-18(16-27)21-11-20-10-17(4-5-25(20)26-15-21)24(7-9-28)19-12-22(29-2)14-23(13-19)30-3/h4-6,8,10-16,24,28H,7,9H2,1-3H3. The van der Waals surface area contributed by atoms with Crippen molar-refractivity contribution in [2.24, 2.45) is 7.05 Å². The van der Waals surface area contributed by atoms with Crippen molar-refractivity contribution in [1.29, 1.82) is 0 Å². The van der Waals surface area contributed by atoms with Gasteiger partial charge in [0, 0.05) is 60.7 Å². The number of hydrogen-bond acceptors (Lipinski definition) is 4. The van der Waals surface area contributed by atoms with Gasteiger partial charge in [0.1, 0.15) is 11.5 Å². The minimum Gasteiger partial charge on any atom is -0.497 e. The van der Waals surface area contributed by atoms with Gasteiger partial charge in [-0.2, -0.15) is 0 Å². The summed E-state index contributed by atoms with van der Waals surface area (Å²) in [6.07, 6.45) is 6.64. The van der Waals surface area contributed by atoms with Crippen LogP contribution in [0.5, 0.6) is 11.5 Å². The average Bonchev–Trinajstić information content (AvgIpc) is 3.22. The van der Waals surface area contributed by atoms with Crippen molar-refractivity contribution in [2.75, 3.05) is 20.8 Å². The molecule has 0 spiro atoms. The Morgan fingerprint density at radius 3 is 2.33 bits per heavy atom. The molecule has 154 valence electrons. The van der Waals surface area contributed by atoms with E-state index in [9.17, 15) is 5.11 Å². The Morgan fingerprint density at radius 2 is 1.70 bits per heavy atom. The fourth-order valence-corrected chi connectivity index (χ4v) is 3.88. The summed E-state index contributed by atoms with van der Waals surface area (Å²) < 4.78 is 12.9. The molecule has 0 saturated heterocycles. The summed E-state index contributed by atoms with van der Waals surface area (Å²) in [5.74, 6) is 1.49. The number of pyridine rings is 1. The first-order valence-corrected chi connectivity index (χ1v) is 9.97. The van der Waals surface area contributed by atoms with Crippen molar-refractivity contribution in [3.8, 4) is 22.6 Å². The molecule has 1 N–H and O–H groups in total. The maximum absolute atomic E-state index is 9.74. The van der Waals surface area contributed by atoms with Crippen molar-refractivity contribution in [3.63, 3.8) is 0 Å². The van der Waals surface area contributed by atoms with Crippen LogP contribution in [-0.2, 0) is 7.05 Å². The van der Waals surface area contributed by atoms with Gasteiger partial charge in [-0.25, -0.2) is 0 Å². The molecule has 0 bridgehead atoms. The lowest BCUT2D eigenvalue weighted by atomic mass is 9.87. The van der Waals surface area contributed by atoms with Gasteiger partial charge in [0.05, 0.1) is 19.7 Å². The van der Waals surface area contributed by atoms with Gasteiger partial charge < -0.3 is 19.1 Å². The number of aryl methyl sites for hydroxylation is 1. The molecule has 1 unspecified atom stereocenters. The summed E-state index contributed by atoms with van der Waals surface area (Å²) in [5.41, 5.74) is 5.35. The lowest BCUT2D eigenvalue weighted by molar-refractivity contribution is 0.281. The molecule has 1 atom stereocenters. The Kier molecular flexibility index (Phi) is 5.72. The smallest absolute Gasteiger partial charge is 0.122 e. The molecule has 0 amide bonds. The summed E-state index contributed by atoms with van der Waals surface area (Å²) in [7, 11) is 5.30. The number of hydrogen-bond donors (Lipinski definition) is 1. The Labute approximate surface area is 176 Å². The molecule has 4 aromatic rings. The van der Waals surface area contributed by atoms with Crippen LogP contribution in [0.2, 0.25) is 0 Å². The topological polar surface area (TPSA) is 56.5 Å². The lowest BCUT2D eigenvalue weighted by Gasteiger charge is -2.19. The van der Waals surface area contributed by atoms with E-state index in [0.29, 0.717) is 6.42 Å². The van der Waals surface area contributed by atoms with E-state index < -0.39 is 0 Å². The first kappa shape index (κ1) is 20.0. The molecule has 2 aromatic heterocycles. The molecular weight excluding hydrogens is 376 g/mol. The number of benzene rings is 2. The predicted molar refractivity (Wildman–Crippen MR) is 119 cm³/mol. The van der Waals surface area contributed by atoms with Gasteiger partial charge in [-0.1, -0.05) is 6.07 Å². The lowest BCUT2D eigenvalue weighted by Crippen LogP contribution is -2.05. The average molecular weight is 402 g/mol. The van der Waals surface area contributed by atoms with Gasteiger partial charge in [0.2, 0.25) is 0 Å². The maximum Gasteiger partial charge on any atom is 0.122 e. The minimum atomic E-state index is 0.0174. The third kappa shape index (κ3) is 4.02. The number of aliphatic hydroxyl groups is 1. The van der Waals surface area contributed by atoms with Crippen LogP contribution in [0.25, 0.3) is 22.0 Å². The van der Waals surface area contributed by atoms with Gasteiger partial charge in [-0.05, 0) is 53.9 Å². The molecule has 5 nitrogen and oxygen atoms in total. The zero-order valence-electron chi connectivity index (χ0n) is 17.5. The molecular formula is C25H26N2O3. The predicted octanol–water partition coefficient (Wildman–Crippen LogP) is 4.77. The molecule has 0 radical (unpaired) electrons. The maximum atomic E-state index is 9.74. The summed E-state index contributed by atoms with van der Waals surface area (Å²) in [5, 5.41) is 10.8. The largest absolute Gasteiger partial charge is 0.497 e. The highest BCUT2D eigenvalue weighted by atomic mass is 16.5. The minimum absolute atomic E-state index is 0.0174. The number of rotatable bonds is 7. The number of methoxy groups -OCH3 is 2. The van der Waals surface area contributed by atoms with Gasteiger partial charge in [-0.15, -0.1) is 0 Å². The number of nitrogens with zero attached hydrogens (tertiary/aromatic N) is 2. The summed E-state index contributed by atoms with van der Waals surface area (Å²) in [6.45, 7) is 0.0878. The van der Waals surface area contributed by atoms with Crippen molar-refractivity contribution in [3.05, 3.63) is 78.2 Å². The summed E-state index contributed by atoms with van der Waals surface area (Å²) in [4.78, 5) is 4.64. The molecule has 0 aliphatic heterocycles. The van der Waals surface area contributed by atoms with Crippen molar-refractivity contribution in [2.45, 2.75) is 12.3 Å². The first-order valence-electron chi connectivity index (χ1n) is 9.97. The Bertz CT molecular complexity index is 1140. The van der Waals surface area contributed by atoms with E-state index in [4.69, 9.17) is 9.47 Å². The quantitative estimate of drug-likeness (QED) is 0.484. The molecule has 30 heavy (non-hydrogen) atoms. The number of fused-ring (bicyclic) bond motifs is 1. The molecule has 2 heterocycles. The second kappa shape index (κ2) is 8.59. The van der Waals surface area contributed by atoms with Crippen LogP contribution in [0.1, 0.15) is 23.5 Å². The van der Waals surface area contributed by atoms with Gasteiger partial charge >= 0.3 is 0 Å². The number of aliphatic hydroxyl groups excluding tert-OH is 1. The summed E-state index contributed by atoms with van der Waals surface area (Å²) in [6, 6.07) is 16.4. The Hall–Kier alpha value is -3.31. The molecule has 0 fully saturated rings. The van der Waals surface area contributed by atoms with Crippen LogP contribution in [0.4, 0.5) is 0 Å². The normalized spacial score (nSPS) is 12.1. The summed E-state index contributed by atoms with van der Waals surface area (Å²) >= 11 is 0. The van der Waals surface area contributed by atoms with Crippen molar-refractivity contribution in [1.82, 2.24) is 9.55 Å². The van der Waals surface area contributed by atoms with E-state index in [1.54, 1.807) is 14.2 Å². The second-order valence-corrected chi connectivity index (χ2v) is 7.45. The number of aromatic nitrogens is 2. The highest BCUT2D eigenvalue weighted by molar-refractivity contribution is 5.84. The fraction of sp³-hybridized carbons (Fsp3) is 0.240. The number of ether oxygens (including phenoxy) is 2. The van der Waals surface area contributed by atoms with E-state index >= 15 is 0 Å². The molecule has 4 rings (SSSR count). The Balaban J connectivity index is 1.78. The van der Waals surface area contributed by atoms with E-state index in [1.807, 2.05) is 48.3 Å². The van der Waals surface area contributed by atoms with Crippen LogP contribution in [-0.4, -0.2) is 35.5 Å². The van der Waals surface area contributed by atoms with E-state index in [2.05, 4.69) is 35.4 Å². The zero-order valence-corrected chi connectivity index (χ0v) is 17.5. The van der Waals surface area contributed by atoms with E-state index in [0.717, 1.165) is 44.7 Å². The van der Waals surface area contributed by atoms with Crippen LogP contribution < -0.4 is 9.47 Å². The van der Waals surface area contributed by atoms with Gasteiger partial charge in [0.25, 0.3) is 0 Å². The third-order valence-corrected chi connectivity index (χ3v) is 5.47. The Morgan fingerprint density at radius 1 is 0.933 bits per heavy atom. The van der Waals surface area contributed by atoms with Crippen molar-refractivity contribution >= 4 is 10.9 Å². The van der Waals surface area contributed by atoms with Crippen molar-refractivity contribution < 1.29 is 14.6 Å². The molecule has 0 saturated carbocycles. The monoisotopic (exact) mass is 402 g/mol. The first-order chi connectivity index (χ1) is 14.6. The third-order valence-electron chi connectivity index (χ3n) is 5.47. The highest BCUT2D eigenvalue weighted by Gasteiger charge is 2.17. The molecule has 0 aliphatic rings. The van der Waals surface area contributed by atoms with Crippen LogP contribution in [0.15, 0.2) is 67.1 Å². The van der Waals surface area contributed by atoms with Crippen LogP contribution in [0.3, 0.4) is 0 Å². The fourth-order valence-electron chi connectivity index (χ4n) is 3.88. The molecule has 0 aliphatic carbocycles. The molecule has 5 heteroatoms. The van der Waals surface area contributed by atoms with Crippen LogP contribution >= 0.6 is 0 Å². The zero-order chi connectivity index (χ0) is 21.1. The highest BCUT2D eigenvalue weighted by Crippen LogP contribution is 2.35. The van der Waals surface area contributed by atoms with Gasteiger partial charge in [0.15, 0.2) is 0 Å². The van der Waals surface area contributed by atoms with Gasteiger partial charge in [-0.3, -0.25) is 4.98 Å². The van der Waals surface area contributed by atoms with E-state index in [-0.39, 0.29) is 12.5 Å². The van der Waals surface area contributed by atoms with Crippen LogP contribution in [0, 0.1) is 0 Å². The molecule has 2 aromatic carbocycles. The second-order valence-electron chi connectivity index (χ2n) is 7.45. The SMILES string of the molecule is COc1cc(OC)cc(C(CCO)c2ccc3ncc(-c4ccn(C)c4)cc3c2)c1.